The van der Waals surface area contributed by atoms with Crippen LogP contribution in [0.1, 0.15) is 0 Å². The summed E-state index contributed by atoms with van der Waals surface area (Å²) in [4.78, 5) is 4.11. The van der Waals surface area contributed by atoms with Crippen molar-refractivity contribution in [2.24, 2.45) is 0 Å². The third kappa shape index (κ3) is 1.77. The largest absolute Gasteiger partial charge is 0.350 e. The third-order valence-electron chi connectivity index (χ3n) is 1.67. The average molecular weight is 215 g/mol. The van der Waals surface area contributed by atoms with Crippen LogP contribution >= 0.6 is 11.6 Å². The second kappa shape index (κ2) is 3.79. The van der Waals surface area contributed by atoms with Crippen LogP contribution in [0, 0.1) is 0 Å². The maximum atomic E-state index is 11.9. The minimum Gasteiger partial charge on any atom is -0.350 e. The average Bonchev–Trinajstić information content (AvgIpc) is 2.56. The molecule has 2 rings (SSSR count). The molecule has 2 aromatic heterocycles. The van der Waals surface area contributed by atoms with Gasteiger partial charge in [0.2, 0.25) is 5.95 Å². The van der Waals surface area contributed by atoms with Gasteiger partial charge in [0, 0.05) is 12.7 Å². The molecule has 6 heteroatoms. The van der Waals surface area contributed by atoms with Gasteiger partial charge in [-0.2, -0.15) is 4.98 Å². The summed E-state index contributed by atoms with van der Waals surface area (Å²) < 4.78 is 13.4. The summed E-state index contributed by atoms with van der Waals surface area (Å²) in [7, 11) is 0. The highest BCUT2D eigenvalue weighted by molar-refractivity contribution is 6.30. The van der Waals surface area contributed by atoms with Gasteiger partial charge in [-0.1, -0.05) is 11.6 Å². The number of fused-ring (bicyclic) bond motifs is 1. The maximum Gasteiger partial charge on any atom is 0.243 e. The Kier molecular flexibility index (Phi) is 2.49. The monoisotopic (exact) mass is 214 g/mol. The van der Waals surface area contributed by atoms with E-state index < -0.39 is 6.67 Å². The second-order valence-corrected chi connectivity index (χ2v) is 3.14. The highest BCUT2D eigenvalue weighted by Gasteiger charge is 2.02. The Balaban J connectivity index is 2.32. The van der Waals surface area contributed by atoms with Crippen LogP contribution in [0.2, 0.25) is 5.02 Å². The van der Waals surface area contributed by atoms with Crippen molar-refractivity contribution in [3.63, 3.8) is 0 Å². The second-order valence-electron chi connectivity index (χ2n) is 2.70. The molecule has 0 aliphatic rings. The maximum absolute atomic E-state index is 11.9. The van der Waals surface area contributed by atoms with Crippen LogP contribution in [0.4, 0.5) is 10.3 Å². The first-order valence-electron chi connectivity index (χ1n) is 4.11. The smallest absolute Gasteiger partial charge is 0.243 e. The Bertz CT molecular complexity index is 442. The lowest BCUT2D eigenvalue weighted by Crippen LogP contribution is -2.04. The van der Waals surface area contributed by atoms with Gasteiger partial charge in [-0.3, -0.25) is 0 Å². The molecule has 0 bridgehead atoms. The Morgan fingerprint density at radius 3 is 3.14 bits per heavy atom. The fourth-order valence-electron chi connectivity index (χ4n) is 1.09. The summed E-state index contributed by atoms with van der Waals surface area (Å²) in [6.45, 7) is -0.235. The van der Waals surface area contributed by atoms with Crippen molar-refractivity contribution in [3.8, 4) is 0 Å². The lowest BCUT2D eigenvalue weighted by Gasteiger charge is -1.93. The molecule has 0 aliphatic carbocycles. The molecule has 0 spiro atoms. The Morgan fingerprint density at radius 1 is 1.50 bits per heavy atom. The van der Waals surface area contributed by atoms with E-state index in [4.69, 9.17) is 11.6 Å². The van der Waals surface area contributed by atoms with Crippen molar-refractivity contribution in [1.29, 1.82) is 0 Å². The molecular weight excluding hydrogens is 207 g/mol. The molecule has 0 saturated carbocycles. The molecular formula is C8H8ClFN4. The number of halogens is 2. The normalized spacial score (nSPS) is 10.7. The Morgan fingerprint density at radius 2 is 2.36 bits per heavy atom. The van der Waals surface area contributed by atoms with Crippen LogP contribution in [0.15, 0.2) is 18.3 Å². The molecule has 0 amide bonds. The number of aromatic nitrogens is 3. The van der Waals surface area contributed by atoms with E-state index in [9.17, 15) is 4.39 Å². The molecule has 2 aromatic rings. The molecule has 0 fully saturated rings. The van der Waals surface area contributed by atoms with E-state index >= 15 is 0 Å². The molecule has 0 saturated heterocycles. The zero-order valence-electron chi connectivity index (χ0n) is 7.24. The van der Waals surface area contributed by atoms with Crippen LogP contribution < -0.4 is 5.32 Å². The molecule has 0 radical (unpaired) electrons. The van der Waals surface area contributed by atoms with Crippen molar-refractivity contribution in [3.05, 3.63) is 23.4 Å². The van der Waals surface area contributed by atoms with E-state index in [1.165, 1.54) is 0 Å². The van der Waals surface area contributed by atoms with Gasteiger partial charge in [0.05, 0.1) is 5.02 Å². The van der Waals surface area contributed by atoms with Crippen molar-refractivity contribution < 1.29 is 4.39 Å². The molecule has 14 heavy (non-hydrogen) atoms. The summed E-state index contributed by atoms with van der Waals surface area (Å²) >= 11 is 5.76. The predicted molar refractivity (Wildman–Crippen MR) is 52.5 cm³/mol. The van der Waals surface area contributed by atoms with Crippen LogP contribution in [-0.4, -0.2) is 27.8 Å². The van der Waals surface area contributed by atoms with Gasteiger partial charge in [0.15, 0.2) is 5.65 Å². The number of anilines is 1. The van der Waals surface area contributed by atoms with Crippen LogP contribution in [0.25, 0.3) is 5.65 Å². The first kappa shape index (κ1) is 9.21. The number of rotatable bonds is 3. The molecule has 4 nitrogen and oxygen atoms in total. The van der Waals surface area contributed by atoms with E-state index in [1.54, 1.807) is 22.8 Å². The summed E-state index contributed by atoms with van der Waals surface area (Å²) in [5.41, 5.74) is 0.677. The van der Waals surface area contributed by atoms with Crippen LogP contribution in [-0.2, 0) is 0 Å². The lowest BCUT2D eigenvalue weighted by molar-refractivity contribution is 0.512. The van der Waals surface area contributed by atoms with Gasteiger partial charge in [0.25, 0.3) is 0 Å². The van der Waals surface area contributed by atoms with Gasteiger partial charge in [-0.05, 0) is 12.1 Å². The molecule has 2 heterocycles. The predicted octanol–water partition coefficient (Wildman–Crippen LogP) is 1.76. The van der Waals surface area contributed by atoms with Gasteiger partial charge < -0.3 is 5.32 Å². The zero-order valence-corrected chi connectivity index (χ0v) is 8.00. The van der Waals surface area contributed by atoms with Crippen LogP contribution in [0.5, 0.6) is 0 Å². The summed E-state index contributed by atoms with van der Waals surface area (Å²) in [5.74, 6) is 0.407. The van der Waals surface area contributed by atoms with Crippen molar-refractivity contribution in [1.82, 2.24) is 14.6 Å². The molecule has 0 unspecified atom stereocenters. The minimum absolute atomic E-state index is 0.213. The Labute approximate surface area is 84.7 Å². The number of nitrogens with zero attached hydrogens (tertiary/aromatic N) is 3. The topological polar surface area (TPSA) is 42.2 Å². The highest BCUT2D eigenvalue weighted by Crippen LogP contribution is 2.10. The molecule has 74 valence electrons. The summed E-state index contributed by atoms with van der Waals surface area (Å²) in [6.07, 6.45) is 1.64. The van der Waals surface area contributed by atoms with Gasteiger partial charge in [-0.25, -0.2) is 8.91 Å². The van der Waals surface area contributed by atoms with Gasteiger partial charge in [0.1, 0.15) is 6.67 Å². The van der Waals surface area contributed by atoms with E-state index in [0.29, 0.717) is 16.6 Å². The third-order valence-corrected chi connectivity index (χ3v) is 1.90. The molecule has 0 atom stereocenters. The van der Waals surface area contributed by atoms with Gasteiger partial charge >= 0.3 is 0 Å². The van der Waals surface area contributed by atoms with Crippen molar-refractivity contribution >= 4 is 23.2 Å². The zero-order chi connectivity index (χ0) is 9.97. The van der Waals surface area contributed by atoms with E-state index in [0.717, 1.165) is 0 Å². The summed E-state index contributed by atoms with van der Waals surface area (Å²) in [5, 5.41) is 7.38. The Hall–Kier alpha value is -1.36. The molecule has 0 aliphatic heterocycles. The SMILES string of the molecule is FCCNc1nc2ccc(Cl)cn2n1. The van der Waals surface area contributed by atoms with Gasteiger partial charge in [-0.15, -0.1) is 5.10 Å². The van der Waals surface area contributed by atoms with Crippen LogP contribution in [0.3, 0.4) is 0 Å². The molecule has 1 N–H and O–H groups in total. The number of pyridine rings is 1. The van der Waals surface area contributed by atoms with Crippen molar-refractivity contribution in [2.45, 2.75) is 0 Å². The fraction of sp³-hybridized carbons (Fsp3) is 0.250. The fourth-order valence-corrected chi connectivity index (χ4v) is 1.25. The summed E-state index contributed by atoms with van der Waals surface area (Å²) in [6, 6.07) is 3.47. The standard InChI is InChI=1S/C8H8ClFN4/c9-6-1-2-7-12-8(11-4-3-10)13-14(7)5-6/h1-2,5H,3-4H2,(H,11,13). The van der Waals surface area contributed by atoms with E-state index in [-0.39, 0.29) is 6.54 Å². The highest BCUT2D eigenvalue weighted by atomic mass is 35.5. The number of hydrogen-bond donors (Lipinski definition) is 1. The van der Waals surface area contributed by atoms with Crippen molar-refractivity contribution in [2.75, 3.05) is 18.5 Å². The van der Waals surface area contributed by atoms with E-state index in [1.807, 2.05) is 0 Å². The lowest BCUT2D eigenvalue weighted by atomic mass is 10.5. The van der Waals surface area contributed by atoms with E-state index in [2.05, 4.69) is 15.4 Å². The number of alkyl halides is 1. The minimum atomic E-state index is -0.448. The first-order chi connectivity index (χ1) is 6.79. The molecule has 0 aromatic carbocycles. The number of hydrogen-bond acceptors (Lipinski definition) is 3. The quantitative estimate of drug-likeness (QED) is 0.847. The first-order valence-corrected chi connectivity index (χ1v) is 4.49. The number of nitrogens with one attached hydrogen (secondary N) is 1.